The maximum atomic E-state index is 4.37. The van der Waals surface area contributed by atoms with Crippen LogP contribution >= 0.6 is 0 Å². The lowest BCUT2D eigenvalue weighted by Gasteiger charge is -1.99. The molecule has 0 fully saturated rings. The lowest BCUT2D eigenvalue weighted by atomic mass is 10.2. The van der Waals surface area contributed by atoms with Crippen molar-refractivity contribution < 1.29 is 0 Å². The molecule has 0 radical (unpaired) electrons. The second-order valence-electron chi connectivity index (χ2n) is 2.74. The maximum Gasteiger partial charge on any atom is 0.0611 e. The number of hydrogen-bond donors (Lipinski definition) is 0. The average Bonchev–Trinajstić information content (AvgIpc) is 2.11. The van der Waals surface area contributed by atoms with Crippen LogP contribution in [-0.4, -0.2) is 6.21 Å². The molecular weight excluding hydrogens is 146 g/mol. The third-order valence-corrected chi connectivity index (χ3v) is 1.71. The first-order valence-corrected chi connectivity index (χ1v) is 4.61. The Morgan fingerprint density at radius 2 is 2.00 bits per heavy atom. The van der Waals surface area contributed by atoms with Crippen molar-refractivity contribution in [2.45, 2.75) is 40.5 Å². The number of allylic oxidation sites excluding steroid dienone is 3. The van der Waals surface area contributed by atoms with Gasteiger partial charge in [-0.15, -0.1) is 0 Å². The molecule has 0 aromatic carbocycles. The average molecular weight is 165 g/mol. The molecule has 0 amide bonds. The highest BCUT2D eigenvalue weighted by Gasteiger charge is 1.92. The highest BCUT2D eigenvalue weighted by atomic mass is 14.7. The Balaban J connectivity index is 4.53. The molecule has 0 bridgehead atoms. The smallest absolute Gasteiger partial charge is 0.0611 e. The third kappa shape index (κ3) is 4.12. The van der Waals surface area contributed by atoms with Crippen LogP contribution in [0.4, 0.5) is 0 Å². The normalized spacial score (nSPS) is 14.3. The number of aliphatic imine (C=N–C) groups is 1. The van der Waals surface area contributed by atoms with E-state index in [2.05, 4.69) is 31.8 Å². The number of rotatable bonds is 4. The first-order valence-electron chi connectivity index (χ1n) is 4.61. The summed E-state index contributed by atoms with van der Waals surface area (Å²) < 4.78 is 0. The Kier molecular flexibility index (Phi) is 6.35. The summed E-state index contributed by atoms with van der Waals surface area (Å²) in [5.74, 6) is 0. The summed E-state index contributed by atoms with van der Waals surface area (Å²) in [6, 6.07) is 0. The molecule has 12 heavy (non-hydrogen) atoms. The van der Waals surface area contributed by atoms with Gasteiger partial charge in [-0.1, -0.05) is 19.9 Å². The van der Waals surface area contributed by atoms with Crippen LogP contribution in [-0.2, 0) is 0 Å². The SMILES string of the molecule is C\C=C/C(/N=C\CC)=C(\C)CC. The number of hydrogen-bond acceptors (Lipinski definition) is 1. The van der Waals surface area contributed by atoms with Gasteiger partial charge in [0.15, 0.2) is 0 Å². The van der Waals surface area contributed by atoms with Gasteiger partial charge in [0.05, 0.1) is 5.70 Å². The summed E-state index contributed by atoms with van der Waals surface area (Å²) >= 11 is 0. The van der Waals surface area contributed by atoms with Crippen molar-refractivity contribution >= 4 is 6.21 Å². The van der Waals surface area contributed by atoms with Crippen molar-refractivity contribution in [2.75, 3.05) is 0 Å². The summed E-state index contributed by atoms with van der Waals surface area (Å²) in [7, 11) is 0. The van der Waals surface area contributed by atoms with Crippen molar-refractivity contribution in [3.63, 3.8) is 0 Å². The molecule has 0 rings (SSSR count). The topological polar surface area (TPSA) is 12.4 Å². The zero-order chi connectivity index (χ0) is 9.40. The molecule has 0 spiro atoms. The molecule has 1 nitrogen and oxygen atoms in total. The van der Waals surface area contributed by atoms with Gasteiger partial charge in [0.1, 0.15) is 0 Å². The van der Waals surface area contributed by atoms with Gasteiger partial charge in [-0.25, -0.2) is 0 Å². The summed E-state index contributed by atoms with van der Waals surface area (Å²) in [6.45, 7) is 8.39. The number of nitrogens with zero attached hydrogens (tertiary/aromatic N) is 1. The fourth-order valence-electron chi connectivity index (χ4n) is 0.824. The van der Waals surface area contributed by atoms with Gasteiger partial charge in [0, 0.05) is 6.21 Å². The van der Waals surface area contributed by atoms with Gasteiger partial charge < -0.3 is 0 Å². The van der Waals surface area contributed by atoms with E-state index < -0.39 is 0 Å². The van der Waals surface area contributed by atoms with Crippen LogP contribution in [0.25, 0.3) is 0 Å². The minimum atomic E-state index is 0.998. The third-order valence-electron chi connectivity index (χ3n) is 1.71. The summed E-state index contributed by atoms with van der Waals surface area (Å²) in [6.07, 6.45) is 8.11. The predicted octanol–water partition coefficient (Wildman–Crippen LogP) is 3.73. The Bertz CT molecular complexity index is 197. The molecule has 0 N–H and O–H groups in total. The Morgan fingerprint density at radius 3 is 2.42 bits per heavy atom. The first-order chi connectivity index (χ1) is 5.76. The zero-order valence-corrected chi connectivity index (χ0v) is 8.59. The molecule has 0 aliphatic heterocycles. The van der Waals surface area contributed by atoms with Crippen LogP contribution in [0.15, 0.2) is 28.4 Å². The second-order valence-corrected chi connectivity index (χ2v) is 2.74. The molecule has 0 saturated heterocycles. The van der Waals surface area contributed by atoms with E-state index in [0.29, 0.717) is 0 Å². The molecule has 0 heterocycles. The largest absolute Gasteiger partial charge is 0.261 e. The van der Waals surface area contributed by atoms with Gasteiger partial charge in [-0.3, -0.25) is 4.99 Å². The van der Waals surface area contributed by atoms with E-state index in [9.17, 15) is 0 Å². The summed E-state index contributed by atoms with van der Waals surface area (Å²) in [5.41, 5.74) is 2.46. The van der Waals surface area contributed by atoms with E-state index in [0.717, 1.165) is 18.5 Å². The minimum Gasteiger partial charge on any atom is -0.261 e. The highest BCUT2D eigenvalue weighted by Crippen LogP contribution is 2.10. The minimum absolute atomic E-state index is 0.998. The van der Waals surface area contributed by atoms with Crippen LogP contribution in [0.3, 0.4) is 0 Å². The molecule has 0 unspecified atom stereocenters. The van der Waals surface area contributed by atoms with E-state index >= 15 is 0 Å². The van der Waals surface area contributed by atoms with Gasteiger partial charge in [0.2, 0.25) is 0 Å². The van der Waals surface area contributed by atoms with Crippen molar-refractivity contribution in [1.29, 1.82) is 0 Å². The molecule has 0 aromatic heterocycles. The van der Waals surface area contributed by atoms with E-state index in [4.69, 9.17) is 0 Å². The maximum absolute atomic E-state index is 4.37. The van der Waals surface area contributed by atoms with Crippen LogP contribution in [0.5, 0.6) is 0 Å². The molecule has 0 aliphatic carbocycles. The van der Waals surface area contributed by atoms with Gasteiger partial charge in [-0.05, 0) is 38.3 Å². The van der Waals surface area contributed by atoms with Gasteiger partial charge in [-0.2, -0.15) is 0 Å². The van der Waals surface area contributed by atoms with E-state index in [-0.39, 0.29) is 0 Å². The molecule has 0 aromatic rings. The Morgan fingerprint density at radius 1 is 1.33 bits per heavy atom. The van der Waals surface area contributed by atoms with Crippen molar-refractivity contribution in [3.05, 3.63) is 23.4 Å². The summed E-state index contributed by atoms with van der Waals surface area (Å²) in [5, 5.41) is 0. The Labute approximate surface area is 75.9 Å². The van der Waals surface area contributed by atoms with E-state index in [1.165, 1.54) is 5.57 Å². The van der Waals surface area contributed by atoms with Crippen molar-refractivity contribution in [1.82, 2.24) is 0 Å². The zero-order valence-electron chi connectivity index (χ0n) is 8.59. The highest BCUT2D eigenvalue weighted by molar-refractivity contribution is 5.59. The fourth-order valence-corrected chi connectivity index (χ4v) is 0.824. The van der Waals surface area contributed by atoms with E-state index in [1.807, 2.05) is 19.2 Å². The molecule has 1 heteroatoms. The second kappa shape index (κ2) is 6.84. The quantitative estimate of drug-likeness (QED) is 0.444. The van der Waals surface area contributed by atoms with E-state index in [1.54, 1.807) is 0 Å². The lowest BCUT2D eigenvalue weighted by Crippen LogP contribution is -1.81. The fraction of sp³-hybridized carbons (Fsp3) is 0.545. The van der Waals surface area contributed by atoms with Crippen molar-refractivity contribution in [3.8, 4) is 0 Å². The van der Waals surface area contributed by atoms with Crippen LogP contribution in [0.1, 0.15) is 40.5 Å². The summed E-state index contributed by atoms with van der Waals surface area (Å²) in [4.78, 5) is 4.37. The molecular formula is C11H19N. The molecule has 0 saturated carbocycles. The van der Waals surface area contributed by atoms with Gasteiger partial charge >= 0.3 is 0 Å². The predicted molar refractivity (Wildman–Crippen MR) is 56.6 cm³/mol. The monoisotopic (exact) mass is 165 g/mol. The molecule has 0 aliphatic rings. The van der Waals surface area contributed by atoms with Crippen LogP contribution in [0, 0.1) is 0 Å². The Hall–Kier alpha value is -0.850. The van der Waals surface area contributed by atoms with Crippen LogP contribution < -0.4 is 0 Å². The van der Waals surface area contributed by atoms with Crippen LogP contribution in [0.2, 0.25) is 0 Å². The lowest BCUT2D eigenvalue weighted by molar-refractivity contribution is 1.06. The first kappa shape index (κ1) is 11.2. The van der Waals surface area contributed by atoms with Gasteiger partial charge in [0.25, 0.3) is 0 Å². The van der Waals surface area contributed by atoms with Crippen molar-refractivity contribution in [2.24, 2.45) is 4.99 Å². The standard InChI is InChI=1S/C11H19N/c1-5-8-11(10(4)7-3)12-9-6-2/h5,8-9H,6-7H2,1-4H3/b8-5-,11-10-,12-9-. The molecule has 0 atom stereocenters. The molecule has 68 valence electrons.